The first-order valence-corrected chi connectivity index (χ1v) is 6.77. The predicted molar refractivity (Wildman–Crippen MR) is 83.8 cm³/mol. The highest BCUT2D eigenvalue weighted by atomic mass is 16.5. The highest BCUT2D eigenvalue weighted by Crippen LogP contribution is 2.29. The minimum absolute atomic E-state index is 0.00339. The Kier molecular flexibility index (Phi) is 4.14. The van der Waals surface area contributed by atoms with Crippen molar-refractivity contribution in [2.45, 2.75) is 26.2 Å². The predicted octanol–water partition coefficient (Wildman–Crippen LogP) is 2.41. The maximum atomic E-state index is 11.8. The van der Waals surface area contributed by atoms with Gasteiger partial charge in [-0.25, -0.2) is 0 Å². The molecule has 0 fully saturated rings. The van der Waals surface area contributed by atoms with E-state index < -0.39 is 0 Å². The van der Waals surface area contributed by atoms with Gasteiger partial charge in [-0.15, -0.1) is 0 Å². The number of methoxy groups -OCH3 is 1. The third-order valence-electron chi connectivity index (χ3n) is 3.21. The van der Waals surface area contributed by atoms with Crippen LogP contribution in [0.25, 0.3) is 10.9 Å². The van der Waals surface area contributed by atoms with Crippen LogP contribution in [0.15, 0.2) is 29.1 Å². The average molecular weight is 288 g/mol. The van der Waals surface area contributed by atoms with Crippen LogP contribution in [-0.4, -0.2) is 24.6 Å². The van der Waals surface area contributed by atoms with Crippen molar-refractivity contribution in [1.82, 2.24) is 4.98 Å². The van der Waals surface area contributed by atoms with Crippen LogP contribution in [0, 0.1) is 0 Å². The lowest BCUT2D eigenvalue weighted by Crippen LogP contribution is -2.18. The lowest BCUT2D eigenvalue weighted by molar-refractivity contribution is -0.119. The van der Waals surface area contributed by atoms with Crippen LogP contribution in [0.4, 0.5) is 5.69 Å². The fourth-order valence-electron chi connectivity index (χ4n) is 2.29. The van der Waals surface area contributed by atoms with Crippen LogP contribution in [0.1, 0.15) is 26.3 Å². The van der Waals surface area contributed by atoms with Gasteiger partial charge >= 0.3 is 0 Å². The highest BCUT2D eigenvalue weighted by Gasteiger charge is 2.18. The Morgan fingerprint density at radius 2 is 2.00 bits per heavy atom. The monoisotopic (exact) mass is 288 g/mol. The number of aromatic nitrogens is 1. The molecule has 5 heteroatoms. The van der Waals surface area contributed by atoms with Crippen molar-refractivity contribution in [2.75, 3.05) is 19.0 Å². The molecule has 0 bridgehead atoms. The molecule has 0 spiro atoms. The second-order valence-electron chi connectivity index (χ2n) is 6.04. The Labute approximate surface area is 123 Å². The van der Waals surface area contributed by atoms with E-state index in [2.05, 4.69) is 31.1 Å². The first kappa shape index (κ1) is 15.3. The summed E-state index contributed by atoms with van der Waals surface area (Å²) < 4.78 is 4.78. The number of nitrogens with one attached hydrogen (secondary N) is 2. The van der Waals surface area contributed by atoms with Gasteiger partial charge in [0.15, 0.2) is 0 Å². The summed E-state index contributed by atoms with van der Waals surface area (Å²) in [4.78, 5) is 26.2. The summed E-state index contributed by atoms with van der Waals surface area (Å²) in [5.41, 5.74) is 2.05. The molecule has 21 heavy (non-hydrogen) atoms. The van der Waals surface area contributed by atoms with Gasteiger partial charge in [0.1, 0.15) is 6.61 Å². The van der Waals surface area contributed by atoms with Gasteiger partial charge in [0.25, 0.3) is 0 Å². The molecule has 1 amide bonds. The van der Waals surface area contributed by atoms with E-state index in [1.807, 2.05) is 12.1 Å². The van der Waals surface area contributed by atoms with E-state index in [0.717, 1.165) is 10.9 Å². The minimum Gasteiger partial charge on any atom is -0.375 e. The fourth-order valence-corrected chi connectivity index (χ4v) is 2.29. The summed E-state index contributed by atoms with van der Waals surface area (Å²) in [7, 11) is 1.47. The Bertz CT molecular complexity index is 726. The lowest BCUT2D eigenvalue weighted by atomic mass is 9.85. The maximum Gasteiger partial charge on any atom is 0.250 e. The molecule has 0 aliphatic carbocycles. The number of benzene rings is 1. The Morgan fingerprint density at radius 3 is 2.62 bits per heavy atom. The summed E-state index contributed by atoms with van der Waals surface area (Å²) in [6, 6.07) is 7.13. The standard InChI is InChI=1S/C16H20N2O3/c1-16(2,3)12-8-14(19)18-13-7-10(5-6-11(12)13)17-15(20)9-21-4/h5-8H,9H2,1-4H3,(H,17,20)(H,18,19). The summed E-state index contributed by atoms with van der Waals surface area (Å²) in [5, 5.41) is 3.71. The molecule has 1 heterocycles. The number of fused-ring (bicyclic) bond motifs is 1. The van der Waals surface area contributed by atoms with Crippen LogP contribution >= 0.6 is 0 Å². The lowest BCUT2D eigenvalue weighted by Gasteiger charge is -2.21. The van der Waals surface area contributed by atoms with Crippen molar-refractivity contribution in [3.05, 3.63) is 40.2 Å². The SMILES string of the molecule is COCC(=O)Nc1ccc2c(C(C)(C)C)cc(=O)[nH]c2c1. The number of H-pyrrole nitrogens is 1. The summed E-state index contributed by atoms with van der Waals surface area (Å²) >= 11 is 0. The molecule has 112 valence electrons. The van der Waals surface area contributed by atoms with E-state index in [4.69, 9.17) is 4.74 Å². The molecular weight excluding hydrogens is 268 g/mol. The zero-order chi connectivity index (χ0) is 15.6. The molecule has 0 aliphatic heterocycles. The Balaban J connectivity index is 2.49. The van der Waals surface area contributed by atoms with Gasteiger partial charge < -0.3 is 15.0 Å². The minimum atomic E-state index is -0.230. The van der Waals surface area contributed by atoms with Crippen molar-refractivity contribution in [2.24, 2.45) is 0 Å². The average Bonchev–Trinajstić information content (AvgIpc) is 2.36. The largest absolute Gasteiger partial charge is 0.375 e. The van der Waals surface area contributed by atoms with Gasteiger partial charge in [0.05, 0.1) is 5.52 Å². The number of amides is 1. The Morgan fingerprint density at radius 1 is 1.29 bits per heavy atom. The van der Waals surface area contributed by atoms with Gasteiger partial charge in [-0.05, 0) is 23.1 Å². The molecule has 2 N–H and O–H groups in total. The maximum absolute atomic E-state index is 11.8. The molecule has 0 atom stereocenters. The first-order valence-electron chi connectivity index (χ1n) is 6.77. The van der Waals surface area contributed by atoms with Crippen molar-refractivity contribution >= 4 is 22.5 Å². The van der Waals surface area contributed by atoms with Crippen molar-refractivity contribution in [1.29, 1.82) is 0 Å². The smallest absolute Gasteiger partial charge is 0.250 e. The van der Waals surface area contributed by atoms with Crippen molar-refractivity contribution in [3.63, 3.8) is 0 Å². The molecular formula is C16H20N2O3. The molecule has 5 nitrogen and oxygen atoms in total. The van der Waals surface area contributed by atoms with E-state index in [1.54, 1.807) is 12.1 Å². The number of pyridine rings is 1. The number of rotatable bonds is 3. The number of hydrogen-bond donors (Lipinski definition) is 2. The molecule has 1 aromatic heterocycles. The van der Waals surface area contributed by atoms with Gasteiger partial charge in [-0.3, -0.25) is 9.59 Å². The van der Waals surface area contributed by atoms with Crippen molar-refractivity contribution in [3.8, 4) is 0 Å². The fraction of sp³-hybridized carbons (Fsp3) is 0.375. The molecule has 0 radical (unpaired) electrons. The summed E-state index contributed by atoms with van der Waals surface area (Å²) in [6.45, 7) is 6.19. The second-order valence-corrected chi connectivity index (χ2v) is 6.04. The molecule has 0 unspecified atom stereocenters. The quantitative estimate of drug-likeness (QED) is 0.911. The van der Waals surface area contributed by atoms with Gasteiger partial charge in [-0.2, -0.15) is 0 Å². The number of carbonyl (C=O) groups is 1. The zero-order valence-electron chi connectivity index (χ0n) is 12.7. The molecule has 1 aromatic carbocycles. The van der Waals surface area contributed by atoms with E-state index in [1.165, 1.54) is 7.11 Å². The topological polar surface area (TPSA) is 71.2 Å². The van der Waals surface area contributed by atoms with E-state index in [-0.39, 0.29) is 23.5 Å². The first-order chi connectivity index (χ1) is 9.81. The van der Waals surface area contributed by atoms with E-state index in [9.17, 15) is 9.59 Å². The number of ether oxygens (including phenoxy) is 1. The van der Waals surface area contributed by atoms with Gasteiger partial charge in [0, 0.05) is 24.2 Å². The molecule has 2 aromatic rings. The van der Waals surface area contributed by atoms with E-state index >= 15 is 0 Å². The molecule has 0 saturated carbocycles. The van der Waals surface area contributed by atoms with Crippen LogP contribution in [0.2, 0.25) is 0 Å². The van der Waals surface area contributed by atoms with Gasteiger partial charge in [0.2, 0.25) is 11.5 Å². The third-order valence-corrected chi connectivity index (χ3v) is 3.21. The normalized spacial score (nSPS) is 11.6. The number of anilines is 1. The third kappa shape index (κ3) is 3.49. The highest BCUT2D eigenvalue weighted by molar-refractivity contribution is 5.94. The van der Waals surface area contributed by atoms with Crippen LogP contribution in [0.5, 0.6) is 0 Å². The van der Waals surface area contributed by atoms with Crippen LogP contribution < -0.4 is 10.9 Å². The van der Waals surface area contributed by atoms with Crippen molar-refractivity contribution < 1.29 is 9.53 Å². The second kappa shape index (κ2) is 5.69. The molecule has 0 saturated heterocycles. The zero-order valence-corrected chi connectivity index (χ0v) is 12.7. The van der Waals surface area contributed by atoms with Crippen LogP contribution in [0.3, 0.4) is 0 Å². The Hall–Kier alpha value is -2.14. The van der Waals surface area contributed by atoms with Crippen LogP contribution in [-0.2, 0) is 14.9 Å². The number of carbonyl (C=O) groups excluding carboxylic acids is 1. The summed E-state index contributed by atoms with van der Waals surface area (Å²) in [5.74, 6) is -0.230. The molecule has 2 rings (SSSR count). The summed E-state index contributed by atoms with van der Waals surface area (Å²) in [6.07, 6.45) is 0. The van der Waals surface area contributed by atoms with Gasteiger partial charge in [-0.1, -0.05) is 26.8 Å². The van der Waals surface area contributed by atoms with E-state index in [0.29, 0.717) is 11.2 Å². The number of aromatic amines is 1. The number of hydrogen-bond acceptors (Lipinski definition) is 3. The molecule has 0 aliphatic rings.